The maximum atomic E-state index is 13.2. The lowest BCUT2D eigenvalue weighted by molar-refractivity contribution is -0.305. The summed E-state index contributed by atoms with van der Waals surface area (Å²) >= 11 is 5.56. The van der Waals surface area contributed by atoms with Crippen molar-refractivity contribution in [1.29, 1.82) is 0 Å². The molecule has 0 bridgehead atoms. The topological polar surface area (TPSA) is 0 Å². The van der Waals surface area contributed by atoms with E-state index in [2.05, 4.69) is 0 Å². The monoisotopic (exact) mass is 276 g/mol. The summed E-state index contributed by atoms with van der Waals surface area (Å²) in [6.45, 7) is 1.38. The molecule has 0 saturated heterocycles. The Balaban J connectivity index is 3.12. The largest absolute Gasteiger partial charge is 0.456 e. The molecule has 1 aromatic carbocycles. The molecule has 0 nitrogen and oxygen atoms in total. The SMILES string of the molecule is Cc1cc(C(F)C(F)(F)C(F)(F)F)ccc1Cl. The molecular weight excluding hydrogens is 270 g/mol. The summed E-state index contributed by atoms with van der Waals surface area (Å²) in [5.74, 6) is -5.42. The maximum Gasteiger partial charge on any atom is 0.456 e. The highest BCUT2D eigenvalue weighted by molar-refractivity contribution is 6.31. The Morgan fingerprint density at radius 1 is 1.12 bits per heavy atom. The minimum absolute atomic E-state index is 0.163. The average Bonchev–Trinajstić information content (AvgIpc) is 2.19. The highest BCUT2D eigenvalue weighted by Gasteiger charge is 2.63. The van der Waals surface area contributed by atoms with Crippen LogP contribution in [0.2, 0.25) is 5.02 Å². The van der Waals surface area contributed by atoms with Gasteiger partial charge >= 0.3 is 12.1 Å². The average molecular weight is 277 g/mol. The fourth-order valence-corrected chi connectivity index (χ4v) is 1.30. The van der Waals surface area contributed by atoms with Gasteiger partial charge in [-0.3, -0.25) is 0 Å². The first-order valence-corrected chi connectivity index (χ1v) is 4.80. The lowest BCUT2D eigenvalue weighted by atomic mass is 10.0. The lowest BCUT2D eigenvalue weighted by Gasteiger charge is -2.23. The van der Waals surface area contributed by atoms with E-state index in [1.165, 1.54) is 6.92 Å². The molecule has 0 aromatic heterocycles. The van der Waals surface area contributed by atoms with Crippen molar-refractivity contribution < 1.29 is 26.3 Å². The van der Waals surface area contributed by atoms with Crippen LogP contribution in [0.3, 0.4) is 0 Å². The molecule has 0 N–H and O–H groups in total. The predicted octanol–water partition coefficient (Wildman–Crippen LogP) is 4.86. The molecule has 1 rings (SSSR count). The minimum Gasteiger partial charge on any atom is -0.235 e. The van der Waals surface area contributed by atoms with Crippen molar-refractivity contribution in [3.63, 3.8) is 0 Å². The predicted molar refractivity (Wildman–Crippen MR) is 51.0 cm³/mol. The zero-order valence-electron chi connectivity index (χ0n) is 8.46. The van der Waals surface area contributed by atoms with E-state index in [0.717, 1.165) is 18.2 Å². The van der Waals surface area contributed by atoms with E-state index in [0.29, 0.717) is 0 Å². The maximum absolute atomic E-state index is 13.2. The summed E-state index contributed by atoms with van der Waals surface area (Å²) < 4.78 is 74.4. The van der Waals surface area contributed by atoms with Gasteiger partial charge in [-0.25, -0.2) is 4.39 Å². The summed E-state index contributed by atoms with van der Waals surface area (Å²) in [6.07, 6.45) is -9.38. The standard InChI is InChI=1S/C10H7ClF6/c1-5-4-6(2-3-7(5)11)8(12)9(13,14)10(15,16)17/h2-4,8H,1H3. The number of aryl methyl sites for hydroxylation is 1. The molecule has 1 aromatic rings. The van der Waals surface area contributed by atoms with Crippen LogP contribution in [0.5, 0.6) is 0 Å². The number of halogens is 7. The summed E-state index contributed by atoms with van der Waals surface area (Å²) in [4.78, 5) is 0. The molecule has 17 heavy (non-hydrogen) atoms. The Morgan fingerprint density at radius 2 is 1.65 bits per heavy atom. The van der Waals surface area contributed by atoms with Gasteiger partial charge in [-0.15, -0.1) is 0 Å². The minimum atomic E-state index is -5.93. The van der Waals surface area contributed by atoms with Crippen LogP contribution in [-0.2, 0) is 0 Å². The Labute approximate surface area is 98.2 Å². The molecule has 96 valence electrons. The molecule has 0 aliphatic carbocycles. The zero-order chi connectivity index (χ0) is 13.4. The van der Waals surface area contributed by atoms with Gasteiger partial charge in [-0.05, 0) is 24.1 Å². The van der Waals surface area contributed by atoms with Crippen molar-refractivity contribution in [2.45, 2.75) is 25.2 Å². The van der Waals surface area contributed by atoms with E-state index in [1.54, 1.807) is 0 Å². The Bertz CT molecular complexity index is 412. The second-order valence-corrected chi connectivity index (χ2v) is 3.90. The summed E-state index contributed by atoms with van der Waals surface area (Å²) in [6, 6.07) is 2.75. The van der Waals surface area contributed by atoms with Crippen molar-refractivity contribution in [2.75, 3.05) is 0 Å². The number of rotatable bonds is 2. The van der Waals surface area contributed by atoms with Crippen LogP contribution in [0.15, 0.2) is 18.2 Å². The molecule has 0 saturated carbocycles. The van der Waals surface area contributed by atoms with Gasteiger partial charge < -0.3 is 0 Å². The summed E-state index contributed by atoms with van der Waals surface area (Å²) in [5.41, 5.74) is -0.529. The molecular formula is C10H7ClF6. The molecule has 0 spiro atoms. The van der Waals surface area contributed by atoms with E-state index in [9.17, 15) is 26.3 Å². The molecule has 0 amide bonds. The molecule has 0 heterocycles. The van der Waals surface area contributed by atoms with Gasteiger partial charge in [0.2, 0.25) is 0 Å². The number of hydrogen-bond acceptors (Lipinski definition) is 0. The van der Waals surface area contributed by atoms with Crippen LogP contribution in [0.1, 0.15) is 17.3 Å². The third-order valence-electron chi connectivity index (χ3n) is 2.17. The molecule has 0 fully saturated rings. The van der Waals surface area contributed by atoms with Gasteiger partial charge in [0.05, 0.1) is 0 Å². The zero-order valence-corrected chi connectivity index (χ0v) is 9.21. The van der Waals surface area contributed by atoms with Gasteiger partial charge in [0.15, 0.2) is 6.17 Å². The van der Waals surface area contributed by atoms with Crippen molar-refractivity contribution in [2.24, 2.45) is 0 Å². The van der Waals surface area contributed by atoms with Crippen LogP contribution >= 0.6 is 11.6 Å². The van der Waals surface area contributed by atoms with Gasteiger partial charge in [0, 0.05) is 5.02 Å². The highest BCUT2D eigenvalue weighted by atomic mass is 35.5. The van der Waals surface area contributed by atoms with Crippen LogP contribution in [0, 0.1) is 6.92 Å². The van der Waals surface area contributed by atoms with Gasteiger partial charge in [-0.2, -0.15) is 22.0 Å². The lowest BCUT2D eigenvalue weighted by Crippen LogP contribution is -2.40. The number of benzene rings is 1. The Kier molecular flexibility index (Phi) is 3.66. The van der Waals surface area contributed by atoms with E-state index < -0.39 is 23.8 Å². The highest BCUT2D eigenvalue weighted by Crippen LogP contribution is 2.46. The second-order valence-electron chi connectivity index (χ2n) is 3.49. The first kappa shape index (κ1) is 14.2. The van der Waals surface area contributed by atoms with Crippen molar-refractivity contribution in [3.05, 3.63) is 34.3 Å². The first-order chi connectivity index (χ1) is 7.57. The fourth-order valence-electron chi connectivity index (χ4n) is 1.18. The third kappa shape index (κ3) is 2.68. The Morgan fingerprint density at radius 3 is 2.06 bits per heavy atom. The van der Waals surface area contributed by atoms with Crippen molar-refractivity contribution >= 4 is 11.6 Å². The van der Waals surface area contributed by atoms with Gasteiger partial charge in [0.1, 0.15) is 0 Å². The summed E-state index contributed by atoms with van der Waals surface area (Å²) in [5, 5.41) is 0.163. The van der Waals surface area contributed by atoms with E-state index >= 15 is 0 Å². The van der Waals surface area contributed by atoms with Gasteiger partial charge in [-0.1, -0.05) is 23.7 Å². The Hall–Kier alpha value is -0.910. The van der Waals surface area contributed by atoms with Gasteiger partial charge in [0.25, 0.3) is 0 Å². The number of hydrogen-bond donors (Lipinski definition) is 0. The van der Waals surface area contributed by atoms with Crippen molar-refractivity contribution in [3.8, 4) is 0 Å². The van der Waals surface area contributed by atoms with Crippen LogP contribution in [0.4, 0.5) is 26.3 Å². The second kappa shape index (κ2) is 4.40. The molecule has 0 radical (unpaired) electrons. The molecule has 1 atom stereocenters. The van der Waals surface area contributed by atoms with E-state index in [1.807, 2.05) is 0 Å². The fraction of sp³-hybridized carbons (Fsp3) is 0.400. The smallest absolute Gasteiger partial charge is 0.235 e. The van der Waals surface area contributed by atoms with Crippen LogP contribution in [-0.4, -0.2) is 12.1 Å². The molecule has 1 unspecified atom stereocenters. The number of alkyl halides is 6. The normalized spacial score (nSPS) is 14.8. The van der Waals surface area contributed by atoms with Crippen molar-refractivity contribution in [1.82, 2.24) is 0 Å². The van der Waals surface area contributed by atoms with Crippen LogP contribution in [0.25, 0.3) is 0 Å². The van der Waals surface area contributed by atoms with E-state index in [-0.39, 0.29) is 10.6 Å². The third-order valence-corrected chi connectivity index (χ3v) is 2.59. The first-order valence-electron chi connectivity index (χ1n) is 4.42. The quantitative estimate of drug-likeness (QED) is 0.677. The van der Waals surface area contributed by atoms with E-state index in [4.69, 9.17) is 11.6 Å². The molecule has 0 aliphatic rings. The van der Waals surface area contributed by atoms with Crippen LogP contribution < -0.4 is 0 Å². The summed E-state index contributed by atoms with van der Waals surface area (Å²) in [7, 11) is 0. The molecule has 7 heteroatoms. The molecule has 0 aliphatic heterocycles.